The number of aromatic nitrogens is 1. The summed E-state index contributed by atoms with van der Waals surface area (Å²) >= 11 is 19.5. The Hall–Kier alpha value is -2.30. The zero-order valence-electron chi connectivity index (χ0n) is 17.7. The third kappa shape index (κ3) is 5.03. The van der Waals surface area contributed by atoms with E-state index in [-0.39, 0.29) is 0 Å². The molecule has 1 atom stereocenters. The zero-order chi connectivity index (χ0) is 22.7. The summed E-state index contributed by atoms with van der Waals surface area (Å²) in [5.41, 5.74) is 5.46. The van der Waals surface area contributed by atoms with Crippen molar-refractivity contribution < 1.29 is 4.65 Å². The lowest BCUT2D eigenvalue weighted by atomic mass is 9.55. The quantitative estimate of drug-likeness (QED) is 0.291. The fourth-order valence-electron chi connectivity index (χ4n) is 3.55. The molecule has 0 amide bonds. The molecule has 4 aromatic rings. The van der Waals surface area contributed by atoms with E-state index in [0.29, 0.717) is 20.8 Å². The average molecular weight is 481 g/mol. The van der Waals surface area contributed by atoms with Crippen LogP contribution in [0.15, 0.2) is 85.1 Å². The van der Waals surface area contributed by atoms with Crippen LogP contribution in [0.25, 0.3) is 0 Å². The Morgan fingerprint density at radius 2 is 1.31 bits per heavy atom. The van der Waals surface area contributed by atoms with Crippen LogP contribution in [0.4, 0.5) is 0 Å². The second-order valence-corrected chi connectivity index (χ2v) is 8.92. The molecule has 4 rings (SSSR count). The summed E-state index contributed by atoms with van der Waals surface area (Å²) in [6, 6.07) is 25.5. The van der Waals surface area contributed by atoms with E-state index in [4.69, 9.17) is 39.5 Å². The normalized spacial score (nSPS) is 11.9. The molecule has 0 aliphatic carbocycles. The summed E-state index contributed by atoms with van der Waals surface area (Å²) in [7, 11) is 0. The summed E-state index contributed by atoms with van der Waals surface area (Å²) in [5.74, 6) is 0. The van der Waals surface area contributed by atoms with Crippen molar-refractivity contribution in [3.63, 3.8) is 0 Å². The molecule has 3 aromatic carbocycles. The molecule has 32 heavy (non-hydrogen) atoms. The van der Waals surface area contributed by atoms with Gasteiger partial charge in [0, 0.05) is 16.2 Å². The molecule has 0 bridgehead atoms. The largest absolute Gasteiger partial charge is 0.414 e. The molecule has 1 aromatic heterocycles. The van der Waals surface area contributed by atoms with Gasteiger partial charge >= 0.3 is 6.92 Å². The molecule has 0 spiro atoms. The van der Waals surface area contributed by atoms with Crippen molar-refractivity contribution in [2.45, 2.75) is 20.0 Å². The number of hydrogen-bond donors (Lipinski definition) is 0. The van der Waals surface area contributed by atoms with Gasteiger partial charge in [-0.1, -0.05) is 89.4 Å². The Labute approximate surface area is 204 Å². The summed E-state index contributed by atoms with van der Waals surface area (Å²) in [6.45, 7) is 3.52. The van der Waals surface area contributed by atoms with Crippen molar-refractivity contribution in [1.29, 1.82) is 0 Å². The van der Waals surface area contributed by atoms with Gasteiger partial charge in [-0.3, -0.25) is 4.98 Å². The lowest BCUT2D eigenvalue weighted by Crippen LogP contribution is -2.46. The van der Waals surface area contributed by atoms with Crippen molar-refractivity contribution >= 4 is 52.6 Å². The predicted molar refractivity (Wildman–Crippen MR) is 136 cm³/mol. The predicted octanol–water partition coefficient (Wildman–Crippen LogP) is 6.57. The van der Waals surface area contributed by atoms with Crippen LogP contribution in [0, 0.1) is 13.8 Å². The van der Waals surface area contributed by atoms with Gasteiger partial charge in [-0.25, -0.2) is 0 Å². The van der Waals surface area contributed by atoms with Crippen LogP contribution < -0.4 is 10.9 Å². The number of benzene rings is 3. The Balaban J connectivity index is 1.85. The summed E-state index contributed by atoms with van der Waals surface area (Å²) < 4.78 is 6.80. The van der Waals surface area contributed by atoms with Gasteiger partial charge in [-0.05, 0) is 65.7 Å². The van der Waals surface area contributed by atoms with Crippen LogP contribution in [-0.4, -0.2) is 11.9 Å². The second kappa shape index (κ2) is 10.1. The monoisotopic (exact) mass is 479 g/mol. The highest BCUT2D eigenvalue weighted by atomic mass is 35.5. The minimum absolute atomic E-state index is 0.436. The number of hydrogen-bond acceptors (Lipinski definition) is 2. The van der Waals surface area contributed by atoms with E-state index in [1.54, 1.807) is 6.20 Å². The van der Waals surface area contributed by atoms with Gasteiger partial charge in [0.15, 0.2) is 0 Å². The van der Waals surface area contributed by atoms with E-state index in [1.165, 1.54) is 0 Å². The minimum atomic E-state index is -0.491. The Bertz CT molecular complexity index is 1180. The molecule has 0 aliphatic rings. The molecule has 0 aliphatic heterocycles. The van der Waals surface area contributed by atoms with Gasteiger partial charge in [0.1, 0.15) is 6.10 Å². The van der Waals surface area contributed by atoms with Gasteiger partial charge in [-0.15, -0.1) is 0 Å². The smallest absolute Gasteiger partial charge is 0.362 e. The highest BCUT2D eigenvalue weighted by Gasteiger charge is 2.30. The molecule has 1 heterocycles. The molecule has 6 heteroatoms. The lowest BCUT2D eigenvalue weighted by Gasteiger charge is -2.25. The van der Waals surface area contributed by atoms with Gasteiger partial charge in [0.25, 0.3) is 0 Å². The molecule has 160 valence electrons. The van der Waals surface area contributed by atoms with Gasteiger partial charge < -0.3 is 4.65 Å². The third-order valence-corrected chi connectivity index (χ3v) is 6.54. The Morgan fingerprint density at radius 1 is 0.719 bits per heavy atom. The summed E-state index contributed by atoms with van der Waals surface area (Å²) in [5, 5.41) is 1.91. The van der Waals surface area contributed by atoms with Crippen molar-refractivity contribution in [2.75, 3.05) is 0 Å². The summed E-state index contributed by atoms with van der Waals surface area (Å²) in [6.07, 6.45) is 1.23. The fraction of sp³-hybridized carbons (Fsp3) is 0.115. The van der Waals surface area contributed by atoms with Gasteiger partial charge in [0.2, 0.25) is 0 Å². The number of halogens is 3. The first-order valence-electron chi connectivity index (χ1n) is 10.3. The maximum Gasteiger partial charge on any atom is 0.362 e. The highest BCUT2D eigenvalue weighted by molar-refractivity contribution is 6.80. The zero-order valence-corrected chi connectivity index (χ0v) is 20.0. The molecule has 0 N–H and O–H groups in total. The van der Waals surface area contributed by atoms with E-state index < -0.39 is 13.0 Å². The van der Waals surface area contributed by atoms with Gasteiger partial charge in [-0.2, -0.15) is 0 Å². The molecule has 0 fully saturated rings. The number of rotatable bonds is 6. The molecule has 0 radical (unpaired) electrons. The lowest BCUT2D eigenvalue weighted by molar-refractivity contribution is 0.253. The second-order valence-electron chi connectivity index (χ2n) is 7.69. The van der Waals surface area contributed by atoms with Crippen molar-refractivity contribution in [3.05, 3.63) is 123 Å². The first kappa shape index (κ1) is 22.9. The van der Waals surface area contributed by atoms with Crippen LogP contribution >= 0.6 is 34.8 Å². The highest BCUT2D eigenvalue weighted by Crippen LogP contribution is 2.30. The van der Waals surface area contributed by atoms with Gasteiger partial charge in [0.05, 0.1) is 10.7 Å². The van der Waals surface area contributed by atoms with Crippen molar-refractivity contribution in [1.82, 2.24) is 4.98 Å². The van der Waals surface area contributed by atoms with E-state index in [1.807, 2.05) is 92.7 Å². The topological polar surface area (TPSA) is 22.1 Å². The fourth-order valence-corrected chi connectivity index (χ4v) is 4.15. The van der Waals surface area contributed by atoms with Crippen LogP contribution in [-0.2, 0) is 4.65 Å². The minimum Gasteiger partial charge on any atom is -0.414 e. The SMILES string of the molecule is Cc1ccc(B(OC(c2ccccc2)c2ncccc2Cl)c2ccc(C)c(Cl)c2)cc1Cl. The molecule has 0 saturated carbocycles. The maximum absolute atomic E-state index is 6.80. The molecular weight excluding hydrogens is 459 g/mol. The van der Waals surface area contributed by atoms with E-state index >= 15 is 0 Å². The Kier molecular flexibility index (Phi) is 7.22. The van der Waals surface area contributed by atoms with Crippen molar-refractivity contribution in [2.24, 2.45) is 0 Å². The van der Waals surface area contributed by atoms with E-state index in [0.717, 1.165) is 27.6 Å². The molecule has 0 saturated heterocycles. The summed E-state index contributed by atoms with van der Waals surface area (Å²) in [4.78, 5) is 4.55. The maximum atomic E-state index is 6.80. The van der Waals surface area contributed by atoms with Crippen molar-refractivity contribution in [3.8, 4) is 0 Å². The first-order valence-corrected chi connectivity index (χ1v) is 11.4. The Morgan fingerprint density at radius 3 is 1.84 bits per heavy atom. The van der Waals surface area contributed by atoms with E-state index in [9.17, 15) is 0 Å². The third-order valence-electron chi connectivity index (χ3n) is 5.41. The van der Waals surface area contributed by atoms with Crippen LogP contribution in [0.1, 0.15) is 28.5 Å². The molecule has 1 unspecified atom stereocenters. The number of pyridine rings is 1. The molecular formula is C26H21BCl3NO. The van der Waals surface area contributed by atoms with E-state index in [2.05, 4.69) is 4.98 Å². The standard InChI is InChI=1S/C26H21BCl3NO/c1-17-10-12-20(15-23(17)29)27(21-13-11-18(2)24(30)16-21)32-26(19-7-4-3-5-8-19)25-22(28)9-6-14-31-25/h3-16,26H,1-2H3. The van der Waals surface area contributed by atoms with Crippen LogP contribution in [0.5, 0.6) is 0 Å². The molecule has 2 nitrogen and oxygen atoms in total. The van der Waals surface area contributed by atoms with Crippen LogP contribution in [0.3, 0.4) is 0 Å². The number of nitrogens with zero attached hydrogens (tertiary/aromatic N) is 1. The average Bonchev–Trinajstić information content (AvgIpc) is 2.80. The number of aryl methyl sites for hydroxylation is 2. The first-order chi connectivity index (χ1) is 15.4. The van der Waals surface area contributed by atoms with Crippen LogP contribution in [0.2, 0.25) is 15.1 Å².